The minimum atomic E-state index is -0.478. The van der Waals surface area contributed by atoms with Gasteiger partial charge in [-0.2, -0.15) is 0 Å². The molecular formula is C23H21N3O2S. The highest BCUT2D eigenvalue weighted by atomic mass is 32.1. The van der Waals surface area contributed by atoms with Crippen molar-refractivity contribution in [1.29, 1.82) is 0 Å². The Morgan fingerprint density at radius 1 is 1.07 bits per heavy atom. The summed E-state index contributed by atoms with van der Waals surface area (Å²) in [6, 6.07) is 13.6. The number of para-hydroxylation sites is 1. The molecule has 29 heavy (non-hydrogen) atoms. The summed E-state index contributed by atoms with van der Waals surface area (Å²) in [4.78, 5) is 27.3. The number of fused-ring (bicyclic) bond motifs is 1. The van der Waals surface area contributed by atoms with E-state index in [-0.39, 0.29) is 10.7 Å². The van der Waals surface area contributed by atoms with Gasteiger partial charge in [0.2, 0.25) is 0 Å². The number of anilines is 1. The van der Waals surface area contributed by atoms with E-state index in [2.05, 4.69) is 16.8 Å². The van der Waals surface area contributed by atoms with Crippen LogP contribution in [0.5, 0.6) is 0 Å². The van der Waals surface area contributed by atoms with Crippen LogP contribution in [0.4, 0.5) is 5.69 Å². The lowest BCUT2D eigenvalue weighted by molar-refractivity contribution is -0.122. The molecule has 6 heteroatoms. The molecule has 0 atom stereocenters. The zero-order valence-corrected chi connectivity index (χ0v) is 17.3. The van der Waals surface area contributed by atoms with Gasteiger partial charge in [0.15, 0.2) is 5.11 Å². The standard InChI is InChI=1S/C23H21N3O2S/c1-4-25-13-16(18-7-5-6-8-20(18)25)12-19-21(27)24-23(29)26(22(19)28)17-10-9-14(2)15(3)11-17/h5-13H,4H2,1-3H3,(H,24,27,29). The predicted molar refractivity (Wildman–Crippen MR) is 120 cm³/mol. The minimum absolute atomic E-state index is 0.0656. The number of nitrogens with zero attached hydrogens (tertiary/aromatic N) is 2. The van der Waals surface area contributed by atoms with E-state index in [1.54, 1.807) is 6.08 Å². The van der Waals surface area contributed by atoms with Gasteiger partial charge in [0.1, 0.15) is 5.57 Å². The second kappa shape index (κ2) is 7.29. The highest BCUT2D eigenvalue weighted by molar-refractivity contribution is 7.80. The van der Waals surface area contributed by atoms with Crippen LogP contribution >= 0.6 is 12.2 Å². The number of thiocarbonyl (C=S) groups is 1. The molecule has 4 rings (SSSR count). The Balaban J connectivity index is 1.81. The first-order valence-electron chi connectivity index (χ1n) is 9.47. The van der Waals surface area contributed by atoms with Crippen molar-refractivity contribution in [2.24, 2.45) is 0 Å². The molecule has 0 aliphatic carbocycles. The van der Waals surface area contributed by atoms with Crippen LogP contribution in [0, 0.1) is 13.8 Å². The van der Waals surface area contributed by atoms with Crippen molar-refractivity contribution in [2.75, 3.05) is 4.90 Å². The fraction of sp³-hybridized carbons (Fsp3) is 0.174. The second-order valence-electron chi connectivity index (χ2n) is 7.11. The normalized spacial score (nSPS) is 16.0. The number of hydrogen-bond donors (Lipinski definition) is 1. The van der Waals surface area contributed by atoms with Gasteiger partial charge < -0.3 is 4.57 Å². The Bertz CT molecular complexity index is 1210. The Kier molecular flexibility index (Phi) is 4.80. The number of nitrogens with one attached hydrogen (secondary N) is 1. The molecule has 1 N–H and O–H groups in total. The Morgan fingerprint density at radius 3 is 2.55 bits per heavy atom. The summed E-state index contributed by atoms with van der Waals surface area (Å²) in [6.07, 6.45) is 3.62. The first kappa shape index (κ1) is 19.1. The highest BCUT2D eigenvalue weighted by Crippen LogP contribution is 2.27. The molecule has 2 heterocycles. The molecule has 0 bridgehead atoms. The average molecular weight is 404 g/mol. The van der Waals surface area contributed by atoms with Crippen molar-refractivity contribution >= 4 is 51.8 Å². The van der Waals surface area contributed by atoms with E-state index in [9.17, 15) is 9.59 Å². The third-order valence-electron chi connectivity index (χ3n) is 5.31. The van der Waals surface area contributed by atoms with Crippen molar-refractivity contribution in [3.8, 4) is 0 Å². The Labute approximate surface area is 174 Å². The van der Waals surface area contributed by atoms with Crippen LogP contribution in [-0.4, -0.2) is 21.5 Å². The van der Waals surface area contributed by atoms with Crippen molar-refractivity contribution in [1.82, 2.24) is 9.88 Å². The number of amides is 2. The van der Waals surface area contributed by atoms with Crippen LogP contribution in [0.15, 0.2) is 54.2 Å². The molecule has 5 nitrogen and oxygen atoms in total. The number of rotatable bonds is 3. The van der Waals surface area contributed by atoms with Gasteiger partial charge in [-0.1, -0.05) is 24.3 Å². The number of aromatic nitrogens is 1. The molecule has 0 radical (unpaired) electrons. The maximum Gasteiger partial charge on any atom is 0.270 e. The van der Waals surface area contributed by atoms with Crippen LogP contribution in [0.3, 0.4) is 0 Å². The monoisotopic (exact) mass is 403 g/mol. The zero-order valence-electron chi connectivity index (χ0n) is 16.5. The third-order valence-corrected chi connectivity index (χ3v) is 5.59. The van der Waals surface area contributed by atoms with E-state index >= 15 is 0 Å². The molecular weight excluding hydrogens is 382 g/mol. The van der Waals surface area contributed by atoms with Gasteiger partial charge in [0.25, 0.3) is 11.8 Å². The zero-order chi connectivity index (χ0) is 20.7. The van der Waals surface area contributed by atoms with Gasteiger partial charge in [-0.25, -0.2) is 0 Å². The number of carbonyl (C=O) groups is 2. The molecule has 1 aliphatic heterocycles. The molecule has 3 aromatic rings. The van der Waals surface area contributed by atoms with E-state index in [1.165, 1.54) is 4.90 Å². The van der Waals surface area contributed by atoms with Gasteiger partial charge in [-0.15, -0.1) is 0 Å². The smallest absolute Gasteiger partial charge is 0.270 e. The Hall–Kier alpha value is -3.25. The van der Waals surface area contributed by atoms with Crippen LogP contribution in [-0.2, 0) is 16.1 Å². The van der Waals surface area contributed by atoms with Crippen molar-refractivity contribution in [2.45, 2.75) is 27.3 Å². The van der Waals surface area contributed by atoms with E-state index in [4.69, 9.17) is 12.2 Å². The fourth-order valence-electron chi connectivity index (χ4n) is 3.56. The highest BCUT2D eigenvalue weighted by Gasteiger charge is 2.34. The summed E-state index contributed by atoms with van der Waals surface area (Å²) >= 11 is 5.30. The molecule has 1 aliphatic rings. The van der Waals surface area contributed by atoms with Gasteiger partial charge in [0, 0.05) is 29.2 Å². The Morgan fingerprint density at radius 2 is 1.83 bits per heavy atom. The van der Waals surface area contributed by atoms with Crippen LogP contribution in [0.2, 0.25) is 0 Å². The van der Waals surface area contributed by atoms with Crippen molar-refractivity contribution < 1.29 is 9.59 Å². The second-order valence-corrected chi connectivity index (χ2v) is 7.50. The van der Waals surface area contributed by atoms with Gasteiger partial charge in [-0.05, 0) is 68.4 Å². The molecule has 1 saturated heterocycles. The summed E-state index contributed by atoms with van der Waals surface area (Å²) in [5.74, 6) is -0.899. The van der Waals surface area contributed by atoms with E-state index in [0.717, 1.165) is 34.1 Å². The van der Waals surface area contributed by atoms with Crippen LogP contribution in [0.1, 0.15) is 23.6 Å². The molecule has 2 amide bonds. The van der Waals surface area contributed by atoms with E-state index < -0.39 is 11.8 Å². The molecule has 0 unspecified atom stereocenters. The predicted octanol–water partition coefficient (Wildman–Crippen LogP) is 4.11. The first-order chi connectivity index (χ1) is 13.9. The van der Waals surface area contributed by atoms with Crippen molar-refractivity contribution in [3.63, 3.8) is 0 Å². The van der Waals surface area contributed by atoms with Gasteiger partial charge in [-0.3, -0.25) is 19.8 Å². The summed E-state index contributed by atoms with van der Waals surface area (Å²) in [6.45, 7) is 6.84. The van der Waals surface area contributed by atoms with Crippen molar-refractivity contribution in [3.05, 3.63) is 70.9 Å². The minimum Gasteiger partial charge on any atom is -0.347 e. The summed E-state index contributed by atoms with van der Waals surface area (Å²) in [5.41, 5.74) is 4.77. The molecule has 1 fully saturated rings. The lowest BCUT2D eigenvalue weighted by atomic mass is 10.0. The molecule has 2 aromatic carbocycles. The third kappa shape index (κ3) is 3.25. The first-order valence-corrected chi connectivity index (χ1v) is 9.88. The van der Waals surface area contributed by atoms with E-state index in [0.29, 0.717) is 5.69 Å². The molecule has 1 aromatic heterocycles. The van der Waals surface area contributed by atoms with Crippen LogP contribution < -0.4 is 10.2 Å². The lowest BCUT2D eigenvalue weighted by Gasteiger charge is -2.29. The average Bonchev–Trinajstić information content (AvgIpc) is 3.05. The maximum absolute atomic E-state index is 13.3. The van der Waals surface area contributed by atoms with Gasteiger partial charge in [0.05, 0.1) is 5.69 Å². The topological polar surface area (TPSA) is 54.3 Å². The van der Waals surface area contributed by atoms with Crippen LogP contribution in [0.25, 0.3) is 17.0 Å². The number of benzene rings is 2. The largest absolute Gasteiger partial charge is 0.347 e. The quantitative estimate of drug-likeness (QED) is 0.407. The molecule has 0 saturated carbocycles. The summed E-state index contributed by atoms with van der Waals surface area (Å²) in [7, 11) is 0. The summed E-state index contributed by atoms with van der Waals surface area (Å²) in [5, 5.41) is 3.74. The fourth-order valence-corrected chi connectivity index (χ4v) is 3.84. The summed E-state index contributed by atoms with van der Waals surface area (Å²) < 4.78 is 2.10. The number of hydrogen-bond acceptors (Lipinski definition) is 3. The lowest BCUT2D eigenvalue weighted by Crippen LogP contribution is -2.54. The SMILES string of the molecule is CCn1cc(C=C2C(=O)NC(=S)N(c3ccc(C)c(C)c3)C2=O)c2ccccc21. The van der Waals surface area contributed by atoms with Gasteiger partial charge >= 0.3 is 0 Å². The molecule has 146 valence electrons. The maximum atomic E-state index is 13.3. The van der Waals surface area contributed by atoms with E-state index in [1.807, 2.05) is 62.5 Å². The number of carbonyl (C=O) groups excluding carboxylic acids is 2. The number of aryl methyl sites for hydroxylation is 3. The molecule has 0 spiro atoms.